The SMILES string of the molecule is CCS(=O)(=O)NCCNC(=NC)NCc1ccc(C)cc1OCC(F)(F)F. The number of sulfonamides is 1. The predicted molar refractivity (Wildman–Crippen MR) is 98.4 cm³/mol. The first-order valence-corrected chi connectivity index (χ1v) is 9.92. The van der Waals surface area contributed by atoms with Crippen LogP contribution in [0.5, 0.6) is 5.75 Å². The Balaban J connectivity index is 2.59. The van der Waals surface area contributed by atoms with Gasteiger partial charge in [0.05, 0.1) is 5.75 Å². The summed E-state index contributed by atoms with van der Waals surface area (Å²) in [5, 5.41) is 5.87. The molecule has 0 fully saturated rings. The standard InChI is InChI=1S/C16H25F3N4O3S/c1-4-27(24,25)23-8-7-21-15(20-3)22-10-13-6-5-12(2)9-14(13)26-11-16(17,18)19/h5-6,9,23H,4,7-8,10-11H2,1-3H3,(H2,20,21,22). The van der Waals surface area contributed by atoms with Crippen LogP contribution in [-0.4, -0.2) is 53.1 Å². The Bertz CT molecular complexity index is 737. The highest BCUT2D eigenvalue weighted by atomic mass is 32.2. The van der Waals surface area contributed by atoms with Crippen LogP contribution in [0.15, 0.2) is 23.2 Å². The minimum atomic E-state index is -4.42. The van der Waals surface area contributed by atoms with E-state index in [0.29, 0.717) is 18.1 Å². The van der Waals surface area contributed by atoms with Gasteiger partial charge < -0.3 is 15.4 Å². The van der Waals surface area contributed by atoms with Gasteiger partial charge in [0.1, 0.15) is 5.75 Å². The van der Waals surface area contributed by atoms with Crippen molar-refractivity contribution in [3.63, 3.8) is 0 Å². The number of aliphatic imine (C=N–C) groups is 1. The number of ether oxygens (including phenoxy) is 1. The molecule has 1 aromatic rings. The minimum absolute atomic E-state index is 0.00585. The molecule has 3 N–H and O–H groups in total. The first kappa shape index (κ1) is 23.0. The van der Waals surface area contributed by atoms with E-state index < -0.39 is 22.8 Å². The van der Waals surface area contributed by atoms with E-state index >= 15 is 0 Å². The molecule has 0 heterocycles. The van der Waals surface area contributed by atoms with Crippen molar-refractivity contribution in [1.82, 2.24) is 15.4 Å². The summed E-state index contributed by atoms with van der Waals surface area (Å²) in [6.07, 6.45) is -4.42. The van der Waals surface area contributed by atoms with E-state index in [9.17, 15) is 21.6 Å². The Morgan fingerprint density at radius 2 is 1.93 bits per heavy atom. The Kier molecular flexibility index (Phi) is 8.83. The van der Waals surface area contributed by atoms with Crippen LogP contribution >= 0.6 is 0 Å². The largest absolute Gasteiger partial charge is 0.484 e. The molecule has 0 spiro atoms. The maximum absolute atomic E-state index is 12.4. The van der Waals surface area contributed by atoms with E-state index in [1.807, 2.05) is 0 Å². The molecule has 0 bridgehead atoms. The monoisotopic (exact) mass is 410 g/mol. The van der Waals surface area contributed by atoms with Crippen LogP contribution in [0.3, 0.4) is 0 Å². The van der Waals surface area contributed by atoms with Crippen LogP contribution in [0.4, 0.5) is 13.2 Å². The van der Waals surface area contributed by atoms with Crippen molar-refractivity contribution in [2.24, 2.45) is 4.99 Å². The van der Waals surface area contributed by atoms with Gasteiger partial charge in [0, 0.05) is 32.2 Å². The average Bonchev–Trinajstić information content (AvgIpc) is 2.59. The molecule has 0 radical (unpaired) electrons. The van der Waals surface area contributed by atoms with Crippen molar-refractivity contribution >= 4 is 16.0 Å². The number of nitrogens with one attached hydrogen (secondary N) is 3. The van der Waals surface area contributed by atoms with Gasteiger partial charge in [0.15, 0.2) is 12.6 Å². The summed E-state index contributed by atoms with van der Waals surface area (Å²) in [5.41, 5.74) is 1.32. The number of hydrogen-bond donors (Lipinski definition) is 3. The van der Waals surface area contributed by atoms with Crippen molar-refractivity contribution in [2.75, 3.05) is 32.5 Å². The minimum Gasteiger partial charge on any atom is -0.484 e. The van der Waals surface area contributed by atoms with Crippen LogP contribution in [-0.2, 0) is 16.6 Å². The first-order chi connectivity index (χ1) is 12.6. The maximum atomic E-state index is 12.4. The lowest BCUT2D eigenvalue weighted by Crippen LogP contribution is -2.41. The molecule has 0 unspecified atom stereocenters. The van der Waals surface area contributed by atoms with Gasteiger partial charge in [0.2, 0.25) is 10.0 Å². The molecule has 7 nitrogen and oxygen atoms in total. The molecule has 0 saturated carbocycles. The van der Waals surface area contributed by atoms with E-state index in [4.69, 9.17) is 4.74 Å². The van der Waals surface area contributed by atoms with E-state index in [0.717, 1.165) is 5.56 Å². The molecule has 1 aromatic carbocycles. The van der Waals surface area contributed by atoms with Gasteiger partial charge in [-0.3, -0.25) is 4.99 Å². The fraction of sp³-hybridized carbons (Fsp3) is 0.562. The lowest BCUT2D eigenvalue weighted by Gasteiger charge is -2.16. The third-order valence-corrected chi connectivity index (χ3v) is 4.81. The molecule has 0 atom stereocenters. The molecule has 0 aliphatic heterocycles. The highest BCUT2D eigenvalue weighted by Crippen LogP contribution is 2.23. The molecular weight excluding hydrogens is 385 g/mol. The van der Waals surface area contributed by atoms with Crippen molar-refractivity contribution in [1.29, 1.82) is 0 Å². The number of nitrogens with zero attached hydrogens (tertiary/aromatic N) is 1. The zero-order valence-electron chi connectivity index (χ0n) is 15.5. The van der Waals surface area contributed by atoms with Crippen molar-refractivity contribution in [2.45, 2.75) is 26.6 Å². The number of rotatable bonds is 9. The lowest BCUT2D eigenvalue weighted by molar-refractivity contribution is -0.153. The summed E-state index contributed by atoms with van der Waals surface area (Å²) >= 11 is 0. The summed E-state index contributed by atoms with van der Waals surface area (Å²) in [5.74, 6) is 0.521. The van der Waals surface area contributed by atoms with Gasteiger partial charge in [-0.25, -0.2) is 13.1 Å². The molecule has 154 valence electrons. The van der Waals surface area contributed by atoms with E-state index in [-0.39, 0.29) is 24.6 Å². The fourth-order valence-corrected chi connectivity index (χ4v) is 2.61. The third kappa shape index (κ3) is 9.48. The highest BCUT2D eigenvalue weighted by Gasteiger charge is 2.28. The quantitative estimate of drug-likeness (QED) is 0.326. The maximum Gasteiger partial charge on any atom is 0.422 e. The first-order valence-electron chi connectivity index (χ1n) is 8.27. The van der Waals surface area contributed by atoms with Crippen LogP contribution in [0.2, 0.25) is 0 Å². The zero-order chi connectivity index (χ0) is 20.5. The molecule has 0 aromatic heterocycles. The summed E-state index contributed by atoms with van der Waals surface area (Å²) in [7, 11) is -1.74. The number of benzene rings is 1. The van der Waals surface area contributed by atoms with E-state index in [1.54, 1.807) is 25.1 Å². The van der Waals surface area contributed by atoms with Crippen LogP contribution in [0.25, 0.3) is 0 Å². The molecule has 0 saturated heterocycles. The predicted octanol–water partition coefficient (Wildman–Crippen LogP) is 1.54. The summed E-state index contributed by atoms with van der Waals surface area (Å²) in [4.78, 5) is 3.99. The molecule has 0 aliphatic rings. The second kappa shape index (κ2) is 10.4. The third-order valence-electron chi connectivity index (χ3n) is 3.40. The summed E-state index contributed by atoms with van der Waals surface area (Å²) in [6, 6.07) is 4.99. The Morgan fingerprint density at radius 1 is 1.22 bits per heavy atom. The highest BCUT2D eigenvalue weighted by molar-refractivity contribution is 7.89. The van der Waals surface area contributed by atoms with Gasteiger partial charge in [0.25, 0.3) is 0 Å². The van der Waals surface area contributed by atoms with Crippen LogP contribution < -0.4 is 20.1 Å². The molecular formula is C16H25F3N4O3S. The molecule has 27 heavy (non-hydrogen) atoms. The molecule has 11 heteroatoms. The topological polar surface area (TPSA) is 91.8 Å². The van der Waals surface area contributed by atoms with Crippen molar-refractivity contribution in [3.05, 3.63) is 29.3 Å². The van der Waals surface area contributed by atoms with E-state index in [2.05, 4.69) is 20.3 Å². The smallest absolute Gasteiger partial charge is 0.422 e. The number of guanidine groups is 1. The molecule has 1 rings (SSSR count). The van der Waals surface area contributed by atoms with Gasteiger partial charge in [-0.05, 0) is 25.5 Å². The Labute approximate surface area is 157 Å². The van der Waals surface area contributed by atoms with Gasteiger partial charge in [-0.2, -0.15) is 13.2 Å². The van der Waals surface area contributed by atoms with Crippen LogP contribution in [0, 0.1) is 6.92 Å². The Morgan fingerprint density at radius 3 is 2.52 bits per heavy atom. The van der Waals surface area contributed by atoms with Gasteiger partial charge in [-0.15, -0.1) is 0 Å². The summed E-state index contributed by atoms with van der Waals surface area (Å²) in [6.45, 7) is 2.60. The number of aryl methyl sites for hydroxylation is 1. The second-order valence-corrected chi connectivity index (χ2v) is 7.76. The van der Waals surface area contributed by atoms with Crippen LogP contribution in [0.1, 0.15) is 18.1 Å². The zero-order valence-corrected chi connectivity index (χ0v) is 16.3. The number of alkyl halides is 3. The van der Waals surface area contributed by atoms with E-state index in [1.165, 1.54) is 14.0 Å². The summed E-state index contributed by atoms with van der Waals surface area (Å²) < 4.78 is 67.2. The fourth-order valence-electron chi connectivity index (χ4n) is 1.99. The molecule has 0 amide bonds. The number of halogens is 3. The van der Waals surface area contributed by atoms with Gasteiger partial charge >= 0.3 is 6.18 Å². The Hall–Kier alpha value is -2.01. The second-order valence-electron chi connectivity index (χ2n) is 5.67. The van der Waals surface area contributed by atoms with Crippen molar-refractivity contribution in [3.8, 4) is 5.75 Å². The number of hydrogen-bond acceptors (Lipinski definition) is 4. The lowest BCUT2D eigenvalue weighted by atomic mass is 10.1. The molecule has 0 aliphatic carbocycles. The average molecular weight is 410 g/mol. The van der Waals surface area contributed by atoms with Crippen molar-refractivity contribution < 1.29 is 26.3 Å². The van der Waals surface area contributed by atoms with Gasteiger partial charge in [-0.1, -0.05) is 12.1 Å². The normalized spacial score (nSPS) is 12.7.